The monoisotopic (exact) mass is 450 g/mol. The molecule has 7 nitrogen and oxygen atoms in total. The quantitative estimate of drug-likeness (QED) is 0.592. The van der Waals surface area contributed by atoms with Crippen LogP contribution in [0.3, 0.4) is 0 Å². The molecule has 1 fully saturated rings. The third kappa shape index (κ3) is 5.35. The average Bonchev–Trinajstić information content (AvgIpc) is 3.16. The van der Waals surface area contributed by atoms with Crippen molar-refractivity contribution in [3.8, 4) is 11.1 Å². The lowest BCUT2D eigenvalue weighted by Gasteiger charge is -2.30. The van der Waals surface area contributed by atoms with Crippen LogP contribution in [0.4, 0.5) is 4.79 Å². The van der Waals surface area contributed by atoms with Gasteiger partial charge in [0.25, 0.3) is 0 Å². The Morgan fingerprint density at radius 2 is 1.67 bits per heavy atom. The van der Waals surface area contributed by atoms with E-state index in [1.165, 1.54) is 22.3 Å². The molecule has 0 bridgehead atoms. The van der Waals surface area contributed by atoms with Crippen LogP contribution < -0.4 is 5.32 Å². The first-order valence-electron chi connectivity index (χ1n) is 11.6. The predicted molar refractivity (Wildman–Crippen MR) is 124 cm³/mol. The Labute approximate surface area is 193 Å². The molecule has 2 aliphatic rings. The molecule has 2 amide bonds. The molecule has 0 spiro atoms. The fraction of sp³-hybridized carbons (Fsp3) is 0.423. The molecule has 0 saturated carbocycles. The summed E-state index contributed by atoms with van der Waals surface area (Å²) in [6.45, 7) is 1.63. The lowest BCUT2D eigenvalue weighted by molar-refractivity contribution is -0.145. The summed E-state index contributed by atoms with van der Waals surface area (Å²) in [5.74, 6) is -1.28. The lowest BCUT2D eigenvalue weighted by Crippen LogP contribution is -2.42. The summed E-state index contributed by atoms with van der Waals surface area (Å²) in [6.07, 6.45) is 2.56. The Morgan fingerprint density at radius 1 is 1.00 bits per heavy atom. The van der Waals surface area contributed by atoms with E-state index >= 15 is 0 Å². The van der Waals surface area contributed by atoms with E-state index < -0.39 is 18.0 Å². The van der Waals surface area contributed by atoms with Crippen LogP contribution in [0, 0.1) is 5.92 Å². The molecular formula is C26H30N2O5. The number of nitrogens with zero attached hydrogens (tertiary/aromatic N) is 1. The molecule has 1 saturated heterocycles. The Hall–Kier alpha value is -3.35. The Morgan fingerprint density at radius 3 is 2.33 bits per heavy atom. The summed E-state index contributed by atoms with van der Waals surface area (Å²) in [5, 5.41) is 11.9. The highest BCUT2D eigenvalue weighted by Gasteiger charge is 2.29. The maximum Gasteiger partial charge on any atom is 0.407 e. The van der Waals surface area contributed by atoms with Gasteiger partial charge < -0.3 is 20.1 Å². The van der Waals surface area contributed by atoms with E-state index in [1.54, 1.807) is 4.90 Å². The van der Waals surface area contributed by atoms with Gasteiger partial charge in [-0.1, -0.05) is 48.5 Å². The minimum atomic E-state index is -0.834. The van der Waals surface area contributed by atoms with Crippen LogP contribution in [0.15, 0.2) is 48.5 Å². The van der Waals surface area contributed by atoms with Crippen molar-refractivity contribution in [3.63, 3.8) is 0 Å². The van der Waals surface area contributed by atoms with Gasteiger partial charge in [0.1, 0.15) is 6.61 Å². The number of unbranched alkanes of at least 4 members (excludes halogenated alkanes) is 1. The van der Waals surface area contributed by atoms with Crippen molar-refractivity contribution in [2.45, 2.75) is 38.0 Å². The third-order valence-electron chi connectivity index (χ3n) is 6.55. The smallest absolute Gasteiger partial charge is 0.407 e. The largest absolute Gasteiger partial charge is 0.481 e. The summed E-state index contributed by atoms with van der Waals surface area (Å²) in [4.78, 5) is 37.3. The van der Waals surface area contributed by atoms with Gasteiger partial charge in [-0.05, 0) is 47.9 Å². The minimum absolute atomic E-state index is 0.0120. The van der Waals surface area contributed by atoms with Gasteiger partial charge in [0.2, 0.25) is 5.91 Å². The molecule has 2 N–H and O–H groups in total. The van der Waals surface area contributed by atoms with E-state index in [4.69, 9.17) is 9.84 Å². The van der Waals surface area contributed by atoms with Crippen LogP contribution in [0.1, 0.15) is 49.1 Å². The number of carbonyl (C=O) groups excluding carboxylic acids is 2. The molecule has 33 heavy (non-hydrogen) atoms. The molecule has 4 rings (SSSR count). The van der Waals surface area contributed by atoms with Crippen LogP contribution in [0.2, 0.25) is 0 Å². The van der Waals surface area contributed by atoms with Gasteiger partial charge in [-0.25, -0.2) is 4.79 Å². The Balaban J connectivity index is 1.17. The van der Waals surface area contributed by atoms with Crippen molar-refractivity contribution in [1.29, 1.82) is 0 Å². The molecule has 2 aromatic rings. The zero-order valence-corrected chi connectivity index (χ0v) is 18.7. The average molecular weight is 451 g/mol. The SMILES string of the molecule is O=C(NCCCCC(=O)N1CCC[C@@H](C(=O)O)C1)OCC1c2ccccc2-c2ccccc21. The van der Waals surface area contributed by atoms with Gasteiger partial charge in [0.15, 0.2) is 0 Å². The predicted octanol–water partition coefficient (Wildman–Crippen LogP) is 4.02. The second-order valence-electron chi connectivity index (χ2n) is 8.73. The number of carbonyl (C=O) groups is 3. The Bertz CT molecular complexity index is 976. The first kappa shape index (κ1) is 22.8. The van der Waals surface area contributed by atoms with Gasteiger partial charge in [0, 0.05) is 32.0 Å². The van der Waals surface area contributed by atoms with Crippen LogP contribution >= 0.6 is 0 Å². The highest BCUT2D eigenvalue weighted by molar-refractivity contribution is 5.79. The number of rotatable bonds is 8. The first-order chi connectivity index (χ1) is 16.0. The van der Waals surface area contributed by atoms with Crippen molar-refractivity contribution in [2.24, 2.45) is 5.92 Å². The van der Waals surface area contributed by atoms with E-state index in [0.717, 1.165) is 6.42 Å². The summed E-state index contributed by atoms with van der Waals surface area (Å²) in [5.41, 5.74) is 4.73. The van der Waals surface area contributed by atoms with Crippen molar-refractivity contribution in [3.05, 3.63) is 59.7 Å². The van der Waals surface area contributed by atoms with E-state index in [-0.39, 0.29) is 18.4 Å². The lowest BCUT2D eigenvalue weighted by atomic mass is 9.98. The molecule has 1 aliphatic heterocycles. The van der Waals surface area contributed by atoms with E-state index in [1.807, 2.05) is 24.3 Å². The van der Waals surface area contributed by atoms with Gasteiger partial charge in [-0.3, -0.25) is 9.59 Å². The maximum absolute atomic E-state index is 12.3. The molecular weight excluding hydrogens is 420 g/mol. The number of alkyl carbamates (subject to hydrolysis) is 1. The number of ether oxygens (including phenoxy) is 1. The molecule has 1 aliphatic carbocycles. The van der Waals surface area contributed by atoms with Crippen LogP contribution in [-0.4, -0.2) is 54.2 Å². The van der Waals surface area contributed by atoms with Crippen molar-refractivity contribution in [1.82, 2.24) is 10.2 Å². The first-order valence-corrected chi connectivity index (χ1v) is 11.6. The summed E-state index contributed by atoms with van der Waals surface area (Å²) in [6, 6.07) is 16.4. The number of nitrogens with one attached hydrogen (secondary N) is 1. The molecule has 1 heterocycles. The minimum Gasteiger partial charge on any atom is -0.481 e. The number of carboxylic acids is 1. The number of aliphatic carboxylic acids is 1. The second kappa shape index (κ2) is 10.5. The highest BCUT2D eigenvalue weighted by Crippen LogP contribution is 2.44. The summed E-state index contributed by atoms with van der Waals surface area (Å²) >= 11 is 0. The maximum atomic E-state index is 12.3. The zero-order chi connectivity index (χ0) is 23.2. The number of hydrogen-bond donors (Lipinski definition) is 2. The van der Waals surface area contributed by atoms with E-state index in [0.29, 0.717) is 45.3 Å². The number of likely N-dealkylation sites (tertiary alicyclic amines) is 1. The number of fused-ring (bicyclic) bond motifs is 3. The number of carboxylic acid groups (broad SMARTS) is 1. The summed E-state index contributed by atoms with van der Waals surface area (Å²) < 4.78 is 5.52. The van der Waals surface area contributed by atoms with Gasteiger partial charge in [-0.2, -0.15) is 0 Å². The van der Waals surface area contributed by atoms with E-state index in [9.17, 15) is 14.4 Å². The molecule has 2 aromatic carbocycles. The van der Waals surface area contributed by atoms with Crippen LogP contribution in [0.25, 0.3) is 11.1 Å². The zero-order valence-electron chi connectivity index (χ0n) is 18.7. The number of hydrogen-bond acceptors (Lipinski definition) is 4. The van der Waals surface area contributed by atoms with Crippen LogP contribution in [0.5, 0.6) is 0 Å². The fourth-order valence-electron chi connectivity index (χ4n) is 4.80. The van der Waals surface area contributed by atoms with Gasteiger partial charge >= 0.3 is 12.1 Å². The van der Waals surface area contributed by atoms with Gasteiger partial charge in [0.05, 0.1) is 5.92 Å². The van der Waals surface area contributed by atoms with Crippen molar-refractivity contribution in [2.75, 3.05) is 26.2 Å². The normalized spacial score (nSPS) is 17.2. The molecule has 0 unspecified atom stereocenters. The summed E-state index contributed by atoms with van der Waals surface area (Å²) in [7, 11) is 0. The number of amides is 2. The molecule has 174 valence electrons. The standard InChI is InChI=1S/C26H30N2O5/c29-24(28-15-7-8-18(16-28)25(30)31)13-5-6-14-27-26(32)33-17-23-21-11-3-1-9-19(21)20-10-2-4-12-22(20)23/h1-4,9-12,18,23H,5-8,13-17H2,(H,27,32)(H,30,31)/t18-/m1/s1. The Kier molecular flexibility index (Phi) is 7.27. The van der Waals surface area contributed by atoms with Crippen molar-refractivity contribution < 1.29 is 24.2 Å². The highest BCUT2D eigenvalue weighted by atomic mass is 16.5. The second-order valence-corrected chi connectivity index (χ2v) is 8.73. The molecule has 1 atom stereocenters. The fourth-order valence-corrected chi connectivity index (χ4v) is 4.80. The van der Waals surface area contributed by atoms with Crippen LogP contribution in [-0.2, 0) is 14.3 Å². The molecule has 7 heteroatoms. The molecule has 0 aromatic heterocycles. The van der Waals surface area contributed by atoms with Gasteiger partial charge in [-0.15, -0.1) is 0 Å². The van der Waals surface area contributed by atoms with E-state index in [2.05, 4.69) is 29.6 Å². The number of piperidine rings is 1. The topological polar surface area (TPSA) is 95.9 Å². The molecule has 0 radical (unpaired) electrons. The number of benzene rings is 2. The van der Waals surface area contributed by atoms with Crippen molar-refractivity contribution >= 4 is 18.0 Å². The third-order valence-corrected chi connectivity index (χ3v) is 6.55.